The summed E-state index contributed by atoms with van der Waals surface area (Å²) in [4.78, 5) is 10.7. The fraction of sp³-hybridized carbons (Fsp3) is 0.462. The minimum atomic E-state index is -0.379. The molecule has 0 aliphatic heterocycles. The second kappa shape index (κ2) is 9.33. The summed E-state index contributed by atoms with van der Waals surface area (Å²) in [7, 11) is 1.67. The molecule has 0 heterocycles. The monoisotopic (exact) mass is 408 g/mol. The summed E-state index contributed by atoms with van der Waals surface area (Å²) in [6.07, 6.45) is 0.194. The van der Waals surface area contributed by atoms with Crippen LogP contribution >= 0.6 is 31.9 Å². The summed E-state index contributed by atoms with van der Waals surface area (Å²) < 4.78 is 12.2. The number of rotatable bonds is 9. The molecule has 0 saturated heterocycles. The van der Waals surface area contributed by atoms with Gasteiger partial charge in [-0.3, -0.25) is 4.79 Å². The first-order chi connectivity index (χ1) is 9.54. The van der Waals surface area contributed by atoms with Gasteiger partial charge in [-0.1, -0.05) is 0 Å². The lowest BCUT2D eigenvalue weighted by atomic mass is 10.2. The molecule has 1 rings (SSSR count). The summed E-state index contributed by atoms with van der Waals surface area (Å²) in [5.74, 6) is 0.295. The van der Waals surface area contributed by atoms with Gasteiger partial charge in [-0.05, 0) is 49.6 Å². The average Bonchev–Trinajstić information content (AvgIpc) is 2.37. The number of methoxy groups -OCH3 is 1. The first-order valence-corrected chi connectivity index (χ1v) is 7.72. The smallest absolute Gasteiger partial charge is 0.220 e. The molecular weight excluding hydrogens is 392 g/mol. The standard InChI is InChI=1S/C13H18Br2N2O3/c1-19-5-3-17-8-9-6-10(14)13(11(15)7-9)20-4-2-12(16)18/h6-7,17H,2-5,8H2,1H3,(H2,16,18). The van der Waals surface area contributed by atoms with Crippen molar-refractivity contribution in [2.24, 2.45) is 5.73 Å². The number of amides is 1. The van der Waals surface area contributed by atoms with Crippen molar-refractivity contribution in [1.29, 1.82) is 0 Å². The number of nitrogens with one attached hydrogen (secondary N) is 1. The van der Waals surface area contributed by atoms with Gasteiger partial charge in [0.05, 0.1) is 28.6 Å². The quantitative estimate of drug-likeness (QED) is 0.613. The Morgan fingerprint density at radius 3 is 2.50 bits per heavy atom. The fourth-order valence-electron chi connectivity index (χ4n) is 1.51. The number of carbonyl (C=O) groups excluding carboxylic acids is 1. The van der Waals surface area contributed by atoms with E-state index in [2.05, 4.69) is 37.2 Å². The molecule has 5 nitrogen and oxygen atoms in total. The molecule has 0 fully saturated rings. The number of carbonyl (C=O) groups is 1. The number of halogens is 2. The zero-order valence-electron chi connectivity index (χ0n) is 11.2. The van der Waals surface area contributed by atoms with Gasteiger partial charge < -0.3 is 20.5 Å². The molecule has 1 aromatic carbocycles. The molecule has 0 unspecified atom stereocenters. The summed E-state index contributed by atoms with van der Waals surface area (Å²) in [5, 5.41) is 3.27. The van der Waals surface area contributed by atoms with Crippen LogP contribution < -0.4 is 15.8 Å². The van der Waals surface area contributed by atoms with Crippen LogP contribution in [-0.2, 0) is 16.1 Å². The van der Waals surface area contributed by atoms with Gasteiger partial charge in [0.2, 0.25) is 5.91 Å². The highest BCUT2D eigenvalue weighted by atomic mass is 79.9. The zero-order chi connectivity index (χ0) is 15.0. The van der Waals surface area contributed by atoms with Gasteiger partial charge >= 0.3 is 0 Å². The molecule has 112 valence electrons. The largest absolute Gasteiger partial charge is 0.491 e. The Kier molecular flexibility index (Phi) is 8.13. The van der Waals surface area contributed by atoms with Crippen LogP contribution in [0.1, 0.15) is 12.0 Å². The third kappa shape index (κ3) is 6.21. The molecule has 0 atom stereocenters. The predicted octanol–water partition coefficient (Wildman–Crippen LogP) is 2.20. The topological polar surface area (TPSA) is 73.6 Å². The number of ether oxygens (including phenoxy) is 2. The van der Waals surface area contributed by atoms with E-state index >= 15 is 0 Å². The first kappa shape index (κ1) is 17.4. The minimum Gasteiger partial charge on any atom is -0.491 e. The van der Waals surface area contributed by atoms with Crippen LogP contribution in [0.25, 0.3) is 0 Å². The molecular formula is C13H18Br2N2O3. The summed E-state index contributed by atoms with van der Waals surface area (Å²) in [5.41, 5.74) is 6.19. The molecule has 1 aromatic rings. The van der Waals surface area contributed by atoms with E-state index in [4.69, 9.17) is 15.2 Å². The predicted molar refractivity (Wildman–Crippen MR) is 84.7 cm³/mol. The second-order valence-electron chi connectivity index (χ2n) is 4.12. The van der Waals surface area contributed by atoms with Gasteiger partial charge in [-0.15, -0.1) is 0 Å². The Balaban J connectivity index is 2.59. The highest BCUT2D eigenvalue weighted by Crippen LogP contribution is 2.34. The van der Waals surface area contributed by atoms with E-state index in [0.29, 0.717) is 12.4 Å². The van der Waals surface area contributed by atoms with Crippen LogP contribution in [0, 0.1) is 0 Å². The Morgan fingerprint density at radius 1 is 1.30 bits per heavy atom. The van der Waals surface area contributed by atoms with Crippen molar-refractivity contribution in [3.05, 3.63) is 26.6 Å². The van der Waals surface area contributed by atoms with Gasteiger partial charge in [0.25, 0.3) is 0 Å². The first-order valence-electron chi connectivity index (χ1n) is 6.13. The highest BCUT2D eigenvalue weighted by Gasteiger charge is 2.09. The van der Waals surface area contributed by atoms with Crippen LogP contribution in [0.5, 0.6) is 5.75 Å². The molecule has 0 aliphatic rings. The van der Waals surface area contributed by atoms with Crippen molar-refractivity contribution in [3.8, 4) is 5.75 Å². The van der Waals surface area contributed by atoms with Crippen LogP contribution in [-0.4, -0.2) is 32.8 Å². The molecule has 7 heteroatoms. The fourth-order valence-corrected chi connectivity index (χ4v) is 3.02. The maximum atomic E-state index is 10.7. The molecule has 3 N–H and O–H groups in total. The lowest BCUT2D eigenvalue weighted by molar-refractivity contribution is -0.118. The van der Waals surface area contributed by atoms with Crippen molar-refractivity contribution >= 4 is 37.8 Å². The highest BCUT2D eigenvalue weighted by molar-refractivity contribution is 9.11. The molecule has 0 aliphatic carbocycles. The minimum absolute atomic E-state index is 0.194. The van der Waals surface area contributed by atoms with E-state index in [-0.39, 0.29) is 18.9 Å². The molecule has 0 aromatic heterocycles. The maximum absolute atomic E-state index is 10.7. The summed E-state index contributed by atoms with van der Waals surface area (Å²) in [6.45, 7) is 2.47. The number of benzene rings is 1. The Morgan fingerprint density at radius 2 is 1.95 bits per heavy atom. The van der Waals surface area contributed by atoms with Crippen molar-refractivity contribution < 1.29 is 14.3 Å². The van der Waals surface area contributed by atoms with E-state index in [1.54, 1.807) is 7.11 Å². The lowest BCUT2D eigenvalue weighted by Crippen LogP contribution is -2.18. The van der Waals surface area contributed by atoms with E-state index in [9.17, 15) is 4.79 Å². The van der Waals surface area contributed by atoms with Crippen LogP contribution in [0.2, 0.25) is 0 Å². The van der Waals surface area contributed by atoms with Crippen LogP contribution in [0.15, 0.2) is 21.1 Å². The van der Waals surface area contributed by atoms with Crippen molar-refractivity contribution in [2.75, 3.05) is 26.9 Å². The van der Waals surface area contributed by atoms with Crippen LogP contribution in [0.4, 0.5) is 0 Å². The molecule has 0 bridgehead atoms. The van der Waals surface area contributed by atoms with E-state index < -0.39 is 0 Å². The van der Waals surface area contributed by atoms with Crippen molar-refractivity contribution in [3.63, 3.8) is 0 Å². The molecule has 0 saturated carbocycles. The zero-order valence-corrected chi connectivity index (χ0v) is 14.4. The van der Waals surface area contributed by atoms with Gasteiger partial charge in [-0.2, -0.15) is 0 Å². The van der Waals surface area contributed by atoms with Crippen LogP contribution in [0.3, 0.4) is 0 Å². The number of hydrogen-bond acceptors (Lipinski definition) is 4. The number of hydrogen-bond donors (Lipinski definition) is 2. The summed E-state index contributed by atoms with van der Waals surface area (Å²) >= 11 is 6.93. The Hall–Kier alpha value is -0.630. The van der Waals surface area contributed by atoms with Gasteiger partial charge in [0.1, 0.15) is 5.75 Å². The second-order valence-corrected chi connectivity index (χ2v) is 5.83. The van der Waals surface area contributed by atoms with Crippen molar-refractivity contribution in [2.45, 2.75) is 13.0 Å². The third-order valence-electron chi connectivity index (χ3n) is 2.47. The van der Waals surface area contributed by atoms with Gasteiger partial charge in [0.15, 0.2) is 0 Å². The maximum Gasteiger partial charge on any atom is 0.220 e. The Labute approximate surface area is 135 Å². The van der Waals surface area contributed by atoms with E-state index in [1.165, 1.54) is 0 Å². The third-order valence-corrected chi connectivity index (χ3v) is 3.64. The molecule has 20 heavy (non-hydrogen) atoms. The van der Waals surface area contributed by atoms with Gasteiger partial charge in [-0.25, -0.2) is 0 Å². The Bertz CT molecular complexity index is 432. The average molecular weight is 410 g/mol. The lowest BCUT2D eigenvalue weighted by Gasteiger charge is -2.12. The van der Waals surface area contributed by atoms with E-state index in [0.717, 1.165) is 27.6 Å². The molecule has 0 radical (unpaired) electrons. The molecule has 0 spiro atoms. The number of primary amides is 1. The van der Waals surface area contributed by atoms with E-state index in [1.807, 2.05) is 12.1 Å². The SMILES string of the molecule is COCCNCc1cc(Br)c(OCCC(N)=O)c(Br)c1. The number of nitrogens with two attached hydrogens (primary N) is 1. The normalized spacial score (nSPS) is 10.6. The summed E-state index contributed by atoms with van der Waals surface area (Å²) in [6, 6.07) is 3.95. The molecule has 1 amide bonds. The van der Waals surface area contributed by atoms with Gasteiger partial charge in [0, 0.05) is 20.2 Å². The van der Waals surface area contributed by atoms with Crippen molar-refractivity contribution in [1.82, 2.24) is 5.32 Å².